The van der Waals surface area contributed by atoms with Crippen molar-refractivity contribution in [1.82, 2.24) is 10.2 Å². The monoisotopic (exact) mass is 386 g/mol. The first-order chi connectivity index (χ1) is 13.2. The molecule has 0 bridgehead atoms. The van der Waals surface area contributed by atoms with Gasteiger partial charge in [0.25, 0.3) is 0 Å². The molecule has 2 aliphatic rings. The lowest BCUT2D eigenvalue weighted by Gasteiger charge is -2.19. The van der Waals surface area contributed by atoms with Crippen molar-refractivity contribution in [3.63, 3.8) is 0 Å². The topological polar surface area (TPSA) is 84.4 Å². The summed E-state index contributed by atoms with van der Waals surface area (Å²) in [4.78, 5) is 26.7. The molecule has 1 aromatic heterocycles. The number of carbonyl (C=O) groups is 2. The third-order valence-electron chi connectivity index (χ3n) is 5.25. The Morgan fingerprint density at radius 3 is 2.81 bits per heavy atom. The minimum atomic E-state index is -0.416. The molecule has 0 unspecified atom stereocenters. The van der Waals surface area contributed by atoms with Crippen LogP contribution in [0.2, 0.25) is 0 Å². The van der Waals surface area contributed by atoms with Crippen LogP contribution < -0.4 is 15.0 Å². The maximum atomic E-state index is 12.6. The molecule has 2 fully saturated rings. The van der Waals surface area contributed by atoms with E-state index in [1.165, 1.54) is 24.2 Å². The number of hydrogen-bond acceptors (Lipinski definition) is 6. The summed E-state index contributed by atoms with van der Waals surface area (Å²) >= 11 is 1.45. The maximum absolute atomic E-state index is 12.6. The summed E-state index contributed by atoms with van der Waals surface area (Å²) in [5.41, 5.74) is 0.694. The molecule has 2 heterocycles. The summed E-state index contributed by atoms with van der Waals surface area (Å²) in [6.45, 7) is 0.333. The fourth-order valence-electron chi connectivity index (χ4n) is 3.80. The van der Waals surface area contributed by atoms with E-state index in [1.54, 1.807) is 12.0 Å². The van der Waals surface area contributed by atoms with E-state index >= 15 is 0 Å². The zero-order valence-electron chi connectivity index (χ0n) is 15.2. The van der Waals surface area contributed by atoms with Gasteiger partial charge in [0.1, 0.15) is 10.8 Å². The Hall–Kier alpha value is -2.48. The van der Waals surface area contributed by atoms with Gasteiger partial charge in [-0.05, 0) is 25.0 Å². The summed E-state index contributed by atoms with van der Waals surface area (Å²) in [5.74, 6) is 0.416. The number of amides is 2. The molecule has 1 aliphatic carbocycles. The molecule has 1 atom stereocenters. The van der Waals surface area contributed by atoms with Crippen LogP contribution in [0.5, 0.6) is 5.75 Å². The highest BCUT2D eigenvalue weighted by Crippen LogP contribution is 2.37. The van der Waals surface area contributed by atoms with E-state index in [4.69, 9.17) is 4.74 Å². The van der Waals surface area contributed by atoms with Gasteiger partial charge in [0.15, 0.2) is 0 Å². The molecule has 0 radical (unpaired) electrons. The number of benzene rings is 1. The second-order valence-electron chi connectivity index (χ2n) is 6.99. The number of carbonyl (C=O) groups excluding carboxylic acids is 2. The highest BCUT2D eigenvalue weighted by Gasteiger charge is 2.36. The van der Waals surface area contributed by atoms with E-state index in [9.17, 15) is 9.59 Å². The minimum Gasteiger partial charge on any atom is -0.495 e. The van der Waals surface area contributed by atoms with E-state index in [-0.39, 0.29) is 18.2 Å². The van der Waals surface area contributed by atoms with Crippen molar-refractivity contribution in [1.29, 1.82) is 0 Å². The second-order valence-corrected chi connectivity index (χ2v) is 8.00. The van der Waals surface area contributed by atoms with Crippen molar-refractivity contribution >= 4 is 34.0 Å². The zero-order valence-corrected chi connectivity index (χ0v) is 16.0. The first-order valence-electron chi connectivity index (χ1n) is 9.23. The van der Waals surface area contributed by atoms with Crippen LogP contribution in [0.15, 0.2) is 24.3 Å². The minimum absolute atomic E-state index is 0.0800. The van der Waals surface area contributed by atoms with E-state index in [0.29, 0.717) is 29.0 Å². The number of para-hydroxylation sites is 2. The van der Waals surface area contributed by atoms with Crippen molar-refractivity contribution in [3.05, 3.63) is 29.3 Å². The van der Waals surface area contributed by atoms with Gasteiger partial charge in [0.2, 0.25) is 16.9 Å². The van der Waals surface area contributed by atoms with Crippen molar-refractivity contribution < 1.29 is 14.3 Å². The summed E-state index contributed by atoms with van der Waals surface area (Å²) in [7, 11) is 1.57. The third-order valence-corrected chi connectivity index (χ3v) is 6.25. The van der Waals surface area contributed by atoms with Crippen LogP contribution in [0.25, 0.3) is 0 Å². The van der Waals surface area contributed by atoms with Crippen LogP contribution in [0.3, 0.4) is 0 Å². The fraction of sp³-hybridized carbons (Fsp3) is 0.474. The number of methoxy groups -OCH3 is 1. The van der Waals surface area contributed by atoms with E-state index in [0.717, 1.165) is 17.8 Å². The van der Waals surface area contributed by atoms with E-state index in [1.807, 2.05) is 24.3 Å². The average molecular weight is 386 g/mol. The molecular formula is C19H22N4O3S. The molecule has 1 saturated carbocycles. The number of hydrogen-bond donors (Lipinski definition) is 1. The molecule has 7 nitrogen and oxygen atoms in total. The van der Waals surface area contributed by atoms with Crippen LogP contribution in [0, 0.1) is 5.92 Å². The number of anilines is 2. The van der Waals surface area contributed by atoms with Gasteiger partial charge >= 0.3 is 0 Å². The van der Waals surface area contributed by atoms with Gasteiger partial charge in [-0.25, -0.2) is 0 Å². The first kappa shape index (κ1) is 17.9. The fourth-order valence-corrected chi connectivity index (χ4v) is 4.71. The van der Waals surface area contributed by atoms with Gasteiger partial charge in [0, 0.05) is 18.9 Å². The molecule has 4 rings (SSSR count). The molecule has 2 amide bonds. The molecule has 27 heavy (non-hydrogen) atoms. The summed E-state index contributed by atoms with van der Waals surface area (Å²) in [6, 6.07) is 7.34. The van der Waals surface area contributed by atoms with Crippen molar-refractivity contribution in [2.45, 2.75) is 38.0 Å². The molecule has 142 valence electrons. The van der Waals surface area contributed by atoms with Crippen molar-refractivity contribution in [2.24, 2.45) is 5.92 Å². The number of aromatic nitrogens is 2. The Balaban J connectivity index is 1.42. The Morgan fingerprint density at radius 2 is 2.04 bits per heavy atom. The SMILES string of the molecule is COc1ccccc1N1C[C@@H](C(=O)Nc2nnc(C3CCCC3)s2)CC1=O. The Bertz CT molecular complexity index is 847. The highest BCUT2D eigenvalue weighted by molar-refractivity contribution is 7.15. The lowest BCUT2D eigenvalue weighted by atomic mass is 10.1. The highest BCUT2D eigenvalue weighted by atomic mass is 32.1. The normalized spacial score (nSPS) is 20.3. The summed E-state index contributed by atoms with van der Waals surface area (Å²) in [5, 5.41) is 12.7. The predicted octanol–water partition coefficient (Wildman–Crippen LogP) is 3.20. The molecule has 8 heteroatoms. The third kappa shape index (κ3) is 3.66. The van der Waals surface area contributed by atoms with Gasteiger partial charge in [-0.15, -0.1) is 10.2 Å². The lowest BCUT2D eigenvalue weighted by molar-refractivity contribution is -0.122. The van der Waals surface area contributed by atoms with Gasteiger partial charge in [0.05, 0.1) is 18.7 Å². The summed E-state index contributed by atoms with van der Waals surface area (Å²) in [6.07, 6.45) is 4.93. The van der Waals surface area contributed by atoms with Crippen LogP contribution in [0.4, 0.5) is 10.8 Å². The van der Waals surface area contributed by atoms with Crippen LogP contribution in [-0.2, 0) is 9.59 Å². The van der Waals surface area contributed by atoms with Gasteiger partial charge in [-0.3, -0.25) is 9.59 Å². The Kier molecular flexibility index (Phi) is 5.07. The van der Waals surface area contributed by atoms with Crippen LogP contribution >= 0.6 is 11.3 Å². The van der Waals surface area contributed by atoms with Gasteiger partial charge < -0.3 is 15.0 Å². The smallest absolute Gasteiger partial charge is 0.231 e. The number of nitrogens with one attached hydrogen (secondary N) is 1. The molecule has 1 N–H and O–H groups in total. The van der Waals surface area contributed by atoms with E-state index < -0.39 is 5.92 Å². The Morgan fingerprint density at radius 1 is 1.26 bits per heavy atom. The van der Waals surface area contributed by atoms with Crippen molar-refractivity contribution in [3.8, 4) is 5.75 Å². The zero-order chi connectivity index (χ0) is 18.8. The van der Waals surface area contributed by atoms with Gasteiger partial charge in [-0.1, -0.05) is 36.3 Å². The van der Waals surface area contributed by atoms with E-state index in [2.05, 4.69) is 15.5 Å². The lowest BCUT2D eigenvalue weighted by Crippen LogP contribution is -2.28. The maximum Gasteiger partial charge on any atom is 0.231 e. The number of rotatable bonds is 5. The quantitative estimate of drug-likeness (QED) is 0.853. The largest absolute Gasteiger partial charge is 0.495 e. The standard InChI is InChI=1S/C19H22N4O3S/c1-26-15-9-5-4-8-14(15)23-11-13(10-16(23)24)17(25)20-19-22-21-18(27-19)12-6-2-3-7-12/h4-5,8-9,12-13H,2-3,6-7,10-11H2,1H3,(H,20,22,25)/t13-/m0/s1. The molecular weight excluding hydrogens is 364 g/mol. The molecule has 1 saturated heterocycles. The molecule has 0 spiro atoms. The van der Waals surface area contributed by atoms with Crippen LogP contribution in [-0.4, -0.2) is 35.7 Å². The second kappa shape index (κ2) is 7.64. The molecule has 1 aromatic carbocycles. The van der Waals surface area contributed by atoms with Crippen LogP contribution in [0.1, 0.15) is 43.0 Å². The summed E-state index contributed by atoms with van der Waals surface area (Å²) < 4.78 is 5.34. The average Bonchev–Trinajstić information content (AvgIpc) is 3.42. The number of nitrogens with zero attached hydrogens (tertiary/aromatic N) is 3. The first-order valence-corrected chi connectivity index (χ1v) is 10.0. The van der Waals surface area contributed by atoms with Gasteiger partial charge in [-0.2, -0.15) is 0 Å². The Labute approximate surface area is 161 Å². The number of ether oxygens (including phenoxy) is 1. The van der Waals surface area contributed by atoms with Crippen molar-refractivity contribution in [2.75, 3.05) is 23.9 Å². The predicted molar refractivity (Wildman–Crippen MR) is 103 cm³/mol. The molecule has 2 aromatic rings. The molecule has 1 aliphatic heterocycles.